The van der Waals surface area contributed by atoms with Crippen molar-refractivity contribution in [3.05, 3.63) is 35.4 Å². The maximum atomic E-state index is 3.91. The quantitative estimate of drug-likeness (QED) is 0.849. The zero-order valence-corrected chi connectivity index (χ0v) is 13.1. The molecule has 1 nitrogen and oxygen atoms in total. The largest absolute Gasteiger partial charge is 0.313 e. The molecule has 0 amide bonds. The molecule has 1 N–H and O–H groups in total. The molecule has 1 heteroatoms. The average Bonchev–Trinajstić information content (AvgIpc) is 2.85. The molecule has 0 radical (unpaired) electrons. The average molecular weight is 271 g/mol. The molecule has 110 valence electrons. The molecule has 4 atom stereocenters. The number of hydrogen-bond acceptors (Lipinski definition) is 1. The topological polar surface area (TPSA) is 12.0 Å². The fourth-order valence-electron chi connectivity index (χ4n) is 4.47. The van der Waals surface area contributed by atoms with E-state index in [4.69, 9.17) is 0 Å². The summed E-state index contributed by atoms with van der Waals surface area (Å²) in [5.74, 6) is 2.55. The lowest BCUT2D eigenvalue weighted by Gasteiger charge is -2.28. The van der Waals surface area contributed by atoms with Gasteiger partial charge in [0.25, 0.3) is 0 Å². The van der Waals surface area contributed by atoms with E-state index < -0.39 is 0 Å². The molecule has 0 saturated heterocycles. The first-order valence-corrected chi connectivity index (χ1v) is 8.60. The first-order valence-electron chi connectivity index (χ1n) is 8.60. The molecule has 2 aliphatic carbocycles. The van der Waals surface area contributed by atoms with Gasteiger partial charge in [-0.3, -0.25) is 0 Å². The Kier molecular flexibility index (Phi) is 4.45. The van der Waals surface area contributed by atoms with Crippen molar-refractivity contribution in [2.75, 3.05) is 6.54 Å². The zero-order valence-electron chi connectivity index (χ0n) is 13.1. The summed E-state index contributed by atoms with van der Waals surface area (Å²) in [7, 11) is 0. The fourth-order valence-corrected chi connectivity index (χ4v) is 4.47. The molecule has 2 aliphatic rings. The summed E-state index contributed by atoms with van der Waals surface area (Å²) in [4.78, 5) is 0. The highest BCUT2D eigenvalue weighted by atomic mass is 14.9. The van der Waals surface area contributed by atoms with Crippen LogP contribution in [-0.4, -0.2) is 12.6 Å². The number of fused-ring (bicyclic) bond motifs is 1. The second kappa shape index (κ2) is 6.30. The normalized spacial score (nSPS) is 33.1. The third kappa shape index (κ3) is 2.79. The van der Waals surface area contributed by atoms with Crippen molar-refractivity contribution in [2.24, 2.45) is 11.8 Å². The van der Waals surface area contributed by atoms with Gasteiger partial charge in [0.05, 0.1) is 0 Å². The Bertz CT molecular complexity index is 439. The maximum absolute atomic E-state index is 3.91. The minimum Gasteiger partial charge on any atom is -0.313 e. The van der Waals surface area contributed by atoms with E-state index in [9.17, 15) is 0 Å². The van der Waals surface area contributed by atoms with Crippen molar-refractivity contribution in [3.63, 3.8) is 0 Å². The lowest BCUT2D eigenvalue weighted by Crippen LogP contribution is -2.36. The van der Waals surface area contributed by atoms with Crippen LogP contribution in [0, 0.1) is 11.8 Å². The van der Waals surface area contributed by atoms with Crippen LogP contribution < -0.4 is 5.32 Å². The Balaban J connectivity index is 1.60. The highest BCUT2D eigenvalue weighted by molar-refractivity contribution is 5.32. The van der Waals surface area contributed by atoms with Gasteiger partial charge in [-0.1, -0.05) is 44.5 Å². The molecule has 20 heavy (non-hydrogen) atoms. The van der Waals surface area contributed by atoms with Crippen LogP contribution in [0.4, 0.5) is 0 Å². The van der Waals surface area contributed by atoms with Crippen LogP contribution in [0.3, 0.4) is 0 Å². The Labute approximate surface area is 124 Å². The van der Waals surface area contributed by atoms with Crippen molar-refractivity contribution in [2.45, 2.75) is 64.3 Å². The minimum absolute atomic E-state index is 0.743. The van der Waals surface area contributed by atoms with Crippen LogP contribution in [-0.2, 0) is 6.42 Å². The third-order valence-corrected chi connectivity index (χ3v) is 5.87. The van der Waals surface area contributed by atoms with Gasteiger partial charge in [-0.15, -0.1) is 0 Å². The Morgan fingerprint density at radius 3 is 2.80 bits per heavy atom. The minimum atomic E-state index is 0.743. The van der Waals surface area contributed by atoms with E-state index in [1.807, 2.05) is 0 Å². The number of benzene rings is 1. The summed E-state index contributed by atoms with van der Waals surface area (Å²) in [5.41, 5.74) is 3.21. The monoisotopic (exact) mass is 271 g/mol. The SMILES string of the molecule is CCC1CCC(NCC2CCCc3ccccc32)C1C. The molecule has 0 heterocycles. The van der Waals surface area contributed by atoms with Crippen molar-refractivity contribution in [1.29, 1.82) is 0 Å². The molecule has 0 aliphatic heterocycles. The molecule has 0 bridgehead atoms. The molecule has 1 fully saturated rings. The Morgan fingerprint density at radius 1 is 1.15 bits per heavy atom. The standard InChI is InChI=1S/C19H29N/c1-3-15-11-12-19(14(15)2)20-13-17-9-6-8-16-7-4-5-10-18(16)17/h4-5,7,10,14-15,17,19-20H,3,6,8-9,11-13H2,1-2H3. The predicted molar refractivity (Wildman–Crippen MR) is 86.1 cm³/mol. The van der Waals surface area contributed by atoms with E-state index in [0.29, 0.717) is 0 Å². The molecule has 0 spiro atoms. The van der Waals surface area contributed by atoms with E-state index in [2.05, 4.69) is 43.4 Å². The van der Waals surface area contributed by atoms with Gasteiger partial charge in [-0.05, 0) is 61.0 Å². The molecular weight excluding hydrogens is 242 g/mol. The van der Waals surface area contributed by atoms with Crippen molar-refractivity contribution < 1.29 is 0 Å². The van der Waals surface area contributed by atoms with Gasteiger partial charge in [0.2, 0.25) is 0 Å². The molecule has 4 unspecified atom stereocenters. The van der Waals surface area contributed by atoms with Crippen molar-refractivity contribution in [1.82, 2.24) is 5.32 Å². The summed E-state index contributed by atoms with van der Waals surface area (Å²) in [6, 6.07) is 9.84. The Hall–Kier alpha value is -0.820. The smallest absolute Gasteiger partial charge is 0.00956 e. The van der Waals surface area contributed by atoms with Crippen LogP contribution >= 0.6 is 0 Å². The lowest BCUT2D eigenvalue weighted by molar-refractivity contribution is 0.336. The molecule has 1 aromatic rings. The highest BCUT2D eigenvalue weighted by Crippen LogP contribution is 2.35. The predicted octanol–water partition coefficient (Wildman–Crippen LogP) is 4.52. The number of rotatable bonds is 4. The summed E-state index contributed by atoms with van der Waals surface area (Å²) < 4.78 is 0. The number of nitrogens with one attached hydrogen (secondary N) is 1. The maximum Gasteiger partial charge on any atom is 0.00956 e. The summed E-state index contributed by atoms with van der Waals surface area (Å²) in [6.07, 6.45) is 8.17. The first-order chi connectivity index (χ1) is 9.79. The van der Waals surface area contributed by atoms with E-state index in [1.54, 1.807) is 11.1 Å². The second-order valence-corrected chi connectivity index (χ2v) is 6.91. The van der Waals surface area contributed by atoms with E-state index >= 15 is 0 Å². The van der Waals surface area contributed by atoms with Gasteiger partial charge in [0.1, 0.15) is 0 Å². The summed E-state index contributed by atoms with van der Waals surface area (Å²) in [5, 5.41) is 3.91. The second-order valence-electron chi connectivity index (χ2n) is 6.91. The molecule has 1 saturated carbocycles. The summed E-state index contributed by atoms with van der Waals surface area (Å²) >= 11 is 0. The van der Waals surface area contributed by atoms with E-state index in [1.165, 1.54) is 45.1 Å². The number of hydrogen-bond donors (Lipinski definition) is 1. The van der Waals surface area contributed by atoms with Crippen molar-refractivity contribution in [3.8, 4) is 0 Å². The van der Waals surface area contributed by atoms with Crippen LogP contribution in [0.1, 0.15) is 63.0 Å². The van der Waals surface area contributed by atoms with Gasteiger partial charge in [-0.2, -0.15) is 0 Å². The van der Waals surface area contributed by atoms with E-state index in [-0.39, 0.29) is 0 Å². The van der Waals surface area contributed by atoms with Crippen LogP contribution in [0.15, 0.2) is 24.3 Å². The van der Waals surface area contributed by atoms with Gasteiger partial charge in [0, 0.05) is 12.6 Å². The lowest BCUT2D eigenvalue weighted by atomic mass is 9.82. The fraction of sp³-hybridized carbons (Fsp3) is 0.684. The number of aryl methyl sites for hydroxylation is 1. The van der Waals surface area contributed by atoms with Gasteiger partial charge < -0.3 is 5.32 Å². The first kappa shape index (κ1) is 14.1. The van der Waals surface area contributed by atoms with Crippen LogP contribution in [0.2, 0.25) is 0 Å². The third-order valence-electron chi connectivity index (χ3n) is 5.87. The van der Waals surface area contributed by atoms with Gasteiger partial charge in [-0.25, -0.2) is 0 Å². The van der Waals surface area contributed by atoms with Gasteiger partial charge in [0.15, 0.2) is 0 Å². The molecule has 3 rings (SSSR count). The van der Waals surface area contributed by atoms with Gasteiger partial charge >= 0.3 is 0 Å². The van der Waals surface area contributed by atoms with Crippen molar-refractivity contribution >= 4 is 0 Å². The van der Waals surface area contributed by atoms with Crippen LogP contribution in [0.5, 0.6) is 0 Å². The molecular formula is C19H29N. The summed E-state index contributed by atoms with van der Waals surface area (Å²) in [6.45, 7) is 5.98. The highest BCUT2D eigenvalue weighted by Gasteiger charge is 2.31. The Morgan fingerprint density at radius 2 is 2.00 bits per heavy atom. The molecule has 1 aromatic carbocycles. The zero-order chi connectivity index (χ0) is 13.9. The molecule has 0 aromatic heterocycles. The van der Waals surface area contributed by atoms with E-state index in [0.717, 1.165) is 23.8 Å². The van der Waals surface area contributed by atoms with Crippen LogP contribution in [0.25, 0.3) is 0 Å².